The number of esters is 1. The molecule has 0 saturated carbocycles. The van der Waals surface area contributed by atoms with Crippen LogP contribution in [0.4, 0.5) is 0 Å². The lowest BCUT2D eigenvalue weighted by molar-refractivity contribution is -0.116. The molecule has 0 aliphatic rings. The van der Waals surface area contributed by atoms with Gasteiger partial charge in [0.25, 0.3) is 0 Å². The number of benzene rings is 2. The van der Waals surface area contributed by atoms with Crippen LogP contribution in [0.15, 0.2) is 54.7 Å². The van der Waals surface area contributed by atoms with Gasteiger partial charge in [0.05, 0.1) is 26.3 Å². The lowest BCUT2D eigenvalue weighted by Gasteiger charge is -2.12. The number of carbonyl (C=O) groups excluding carboxylic acids is 2. The Bertz CT molecular complexity index is 1080. The van der Waals surface area contributed by atoms with Gasteiger partial charge in [-0.2, -0.15) is 0 Å². The van der Waals surface area contributed by atoms with Gasteiger partial charge in [-0.25, -0.2) is 4.79 Å². The minimum Gasteiger partial charge on any atom is -0.496 e. The maximum Gasteiger partial charge on any atom is 0.337 e. The maximum atomic E-state index is 11.8. The van der Waals surface area contributed by atoms with Gasteiger partial charge in [-0.1, -0.05) is 25.1 Å². The summed E-state index contributed by atoms with van der Waals surface area (Å²) in [6, 6.07) is 13.4. The normalized spacial score (nSPS) is 11.0. The molecule has 6 nitrogen and oxygen atoms in total. The van der Waals surface area contributed by atoms with Gasteiger partial charge in [-0.15, -0.1) is 0 Å². The smallest absolute Gasteiger partial charge is 0.337 e. The topological polar surface area (TPSA) is 69.6 Å². The number of aromatic nitrogens is 1. The van der Waals surface area contributed by atoms with E-state index in [9.17, 15) is 9.59 Å². The number of nitrogens with zero attached hydrogens (tertiary/aromatic N) is 1. The Morgan fingerprint density at radius 3 is 2.67 bits per heavy atom. The van der Waals surface area contributed by atoms with Crippen molar-refractivity contribution in [1.82, 2.24) is 9.88 Å². The molecule has 0 radical (unpaired) electrons. The minimum absolute atomic E-state index is 0.0947. The van der Waals surface area contributed by atoms with Crippen LogP contribution in [0, 0.1) is 0 Å². The summed E-state index contributed by atoms with van der Waals surface area (Å²) in [6.45, 7) is 3.27. The third-order valence-electron chi connectivity index (χ3n) is 4.82. The molecule has 156 valence electrons. The van der Waals surface area contributed by atoms with Gasteiger partial charge in [0.15, 0.2) is 0 Å². The van der Waals surface area contributed by atoms with Crippen molar-refractivity contribution in [3.63, 3.8) is 0 Å². The molecule has 0 fully saturated rings. The van der Waals surface area contributed by atoms with Gasteiger partial charge in [-0.3, -0.25) is 4.79 Å². The number of hydrogen-bond acceptors (Lipinski definition) is 4. The van der Waals surface area contributed by atoms with Crippen molar-refractivity contribution in [2.24, 2.45) is 0 Å². The molecule has 0 bridgehead atoms. The first-order valence-corrected chi connectivity index (χ1v) is 9.85. The van der Waals surface area contributed by atoms with E-state index < -0.39 is 5.97 Å². The van der Waals surface area contributed by atoms with Gasteiger partial charge in [0.1, 0.15) is 5.75 Å². The molecule has 1 N–H and O–H groups in total. The zero-order chi connectivity index (χ0) is 21.5. The number of ether oxygens (including phenoxy) is 2. The Morgan fingerprint density at radius 1 is 1.10 bits per heavy atom. The van der Waals surface area contributed by atoms with E-state index >= 15 is 0 Å². The Balaban J connectivity index is 1.86. The van der Waals surface area contributed by atoms with Crippen molar-refractivity contribution in [1.29, 1.82) is 0 Å². The van der Waals surface area contributed by atoms with E-state index in [1.807, 2.05) is 49.5 Å². The molecule has 3 rings (SSSR count). The Labute approximate surface area is 176 Å². The highest BCUT2D eigenvalue weighted by Crippen LogP contribution is 2.25. The number of amides is 1. The predicted octanol–water partition coefficient (Wildman–Crippen LogP) is 4.02. The Kier molecular flexibility index (Phi) is 6.91. The highest BCUT2D eigenvalue weighted by atomic mass is 16.5. The number of rotatable bonds is 8. The quantitative estimate of drug-likeness (QED) is 0.453. The number of fused-ring (bicyclic) bond motifs is 1. The molecule has 0 saturated heterocycles. The molecule has 1 aromatic heterocycles. The van der Waals surface area contributed by atoms with Crippen LogP contribution in [-0.2, 0) is 16.1 Å². The summed E-state index contributed by atoms with van der Waals surface area (Å²) in [5.41, 5.74) is 3.39. The fourth-order valence-corrected chi connectivity index (χ4v) is 3.23. The van der Waals surface area contributed by atoms with E-state index in [2.05, 4.69) is 9.88 Å². The fraction of sp³-hybridized carbons (Fsp3) is 0.250. The highest BCUT2D eigenvalue weighted by molar-refractivity contribution is 5.92. The van der Waals surface area contributed by atoms with Crippen molar-refractivity contribution >= 4 is 28.9 Å². The number of carbonyl (C=O) groups is 2. The average molecular weight is 406 g/mol. The van der Waals surface area contributed by atoms with Gasteiger partial charge in [0, 0.05) is 29.9 Å². The fourth-order valence-electron chi connectivity index (χ4n) is 3.23. The van der Waals surface area contributed by atoms with Crippen molar-refractivity contribution in [3.8, 4) is 5.75 Å². The first-order valence-electron chi connectivity index (χ1n) is 9.85. The van der Waals surface area contributed by atoms with Gasteiger partial charge in [-0.05, 0) is 47.7 Å². The molecule has 3 aromatic rings. The van der Waals surface area contributed by atoms with Crippen LogP contribution in [0.1, 0.15) is 34.8 Å². The number of methoxy groups -OCH3 is 2. The molecule has 2 aromatic carbocycles. The van der Waals surface area contributed by atoms with E-state index in [1.165, 1.54) is 7.11 Å². The number of nitrogens with one attached hydrogen (secondary N) is 1. The summed E-state index contributed by atoms with van der Waals surface area (Å²) in [4.78, 5) is 23.6. The van der Waals surface area contributed by atoms with E-state index in [0.717, 1.165) is 28.5 Å². The van der Waals surface area contributed by atoms with E-state index in [1.54, 1.807) is 25.3 Å². The molecule has 1 amide bonds. The largest absolute Gasteiger partial charge is 0.496 e. The van der Waals surface area contributed by atoms with Crippen LogP contribution in [-0.4, -0.2) is 37.2 Å². The molecule has 30 heavy (non-hydrogen) atoms. The van der Waals surface area contributed by atoms with Crippen LogP contribution in [0.5, 0.6) is 5.75 Å². The summed E-state index contributed by atoms with van der Waals surface area (Å²) < 4.78 is 12.4. The Hall–Kier alpha value is -3.54. The molecule has 0 aliphatic heterocycles. The molecular weight excluding hydrogens is 380 g/mol. The zero-order valence-corrected chi connectivity index (χ0v) is 17.5. The molecular formula is C24H26N2O4. The third kappa shape index (κ3) is 4.89. The van der Waals surface area contributed by atoms with E-state index in [4.69, 9.17) is 9.47 Å². The third-order valence-corrected chi connectivity index (χ3v) is 4.82. The van der Waals surface area contributed by atoms with Crippen molar-refractivity contribution in [2.45, 2.75) is 19.9 Å². The Morgan fingerprint density at radius 2 is 1.93 bits per heavy atom. The predicted molar refractivity (Wildman–Crippen MR) is 118 cm³/mol. The lowest BCUT2D eigenvalue weighted by Crippen LogP contribution is -2.21. The van der Waals surface area contributed by atoms with Crippen LogP contribution >= 0.6 is 0 Å². The summed E-state index contributed by atoms with van der Waals surface area (Å²) in [5.74, 6) is 0.136. The molecule has 1 heterocycles. The first kappa shape index (κ1) is 21.2. The van der Waals surface area contributed by atoms with Gasteiger partial charge in [0.2, 0.25) is 5.91 Å². The molecule has 0 aliphatic carbocycles. The average Bonchev–Trinajstić information content (AvgIpc) is 3.17. The van der Waals surface area contributed by atoms with E-state index in [0.29, 0.717) is 24.4 Å². The first-order chi connectivity index (χ1) is 14.5. The lowest BCUT2D eigenvalue weighted by atomic mass is 10.1. The molecule has 0 spiro atoms. The molecule has 0 unspecified atom stereocenters. The van der Waals surface area contributed by atoms with Crippen LogP contribution < -0.4 is 10.1 Å². The van der Waals surface area contributed by atoms with Crippen molar-refractivity contribution in [2.75, 3.05) is 20.8 Å². The maximum absolute atomic E-state index is 11.8. The summed E-state index contributed by atoms with van der Waals surface area (Å²) in [5, 5.41) is 3.93. The van der Waals surface area contributed by atoms with E-state index in [-0.39, 0.29) is 5.91 Å². The zero-order valence-electron chi connectivity index (χ0n) is 17.5. The second kappa shape index (κ2) is 9.78. The van der Waals surface area contributed by atoms with Crippen LogP contribution in [0.25, 0.3) is 17.0 Å². The highest BCUT2D eigenvalue weighted by Gasteiger charge is 2.12. The van der Waals surface area contributed by atoms with Crippen molar-refractivity contribution < 1.29 is 19.1 Å². The van der Waals surface area contributed by atoms with Crippen LogP contribution in [0.3, 0.4) is 0 Å². The van der Waals surface area contributed by atoms with Crippen molar-refractivity contribution in [3.05, 3.63) is 71.4 Å². The molecule has 0 atom stereocenters. The van der Waals surface area contributed by atoms with Gasteiger partial charge < -0.3 is 19.4 Å². The van der Waals surface area contributed by atoms with Crippen LogP contribution in [0.2, 0.25) is 0 Å². The summed E-state index contributed by atoms with van der Waals surface area (Å²) in [7, 11) is 2.94. The monoisotopic (exact) mass is 406 g/mol. The van der Waals surface area contributed by atoms with Gasteiger partial charge >= 0.3 is 5.97 Å². The molecule has 6 heteroatoms. The summed E-state index contributed by atoms with van der Waals surface area (Å²) >= 11 is 0. The summed E-state index contributed by atoms with van der Waals surface area (Å²) in [6.07, 6.45) is 6.29. The SMILES string of the molecule is CCCNC(=O)/C=C/c1ccc2ccn(Cc3ccc(C(=O)OC)cc3OC)c2c1. The minimum atomic E-state index is -0.398. The standard InChI is InChI=1S/C24H26N2O4/c1-4-12-25-23(27)10-6-17-5-7-18-11-13-26(21(18)14-17)16-20-9-8-19(24(28)30-3)15-22(20)29-2/h5-11,13-15H,4,12,16H2,1-3H3,(H,25,27)/b10-6+. The number of hydrogen-bond donors (Lipinski definition) is 1. The second-order valence-electron chi connectivity index (χ2n) is 6.90. The second-order valence-corrected chi connectivity index (χ2v) is 6.90.